The maximum absolute atomic E-state index is 12.5. The number of ether oxygens (including phenoxy) is 1. The molecule has 1 amide bonds. The summed E-state index contributed by atoms with van der Waals surface area (Å²) in [5, 5.41) is 9.02. The van der Waals surface area contributed by atoms with Crippen LogP contribution < -0.4 is 0 Å². The van der Waals surface area contributed by atoms with Gasteiger partial charge in [-0.05, 0) is 42.9 Å². The lowest BCUT2D eigenvalue weighted by atomic mass is 9.80. The largest absolute Gasteiger partial charge is 0.478 e. The predicted molar refractivity (Wildman–Crippen MR) is 76.4 cm³/mol. The van der Waals surface area contributed by atoms with Crippen molar-refractivity contribution in [2.75, 3.05) is 26.3 Å². The van der Waals surface area contributed by atoms with Crippen molar-refractivity contribution in [2.45, 2.75) is 19.3 Å². The molecule has 0 bridgehead atoms. The first-order chi connectivity index (χ1) is 10.1. The fourth-order valence-electron chi connectivity index (χ4n) is 3.29. The third-order valence-corrected chi connectivity index (χ3v) is 4.64. The first kappa shape index (κ1) is 14.1. The second-order valence-electron chi connectivity index (χ2n) is 5.98. The van der Waals surface area contributed by atoms with E-state index in [1.807, 2.05) is 4.90 Å². The first-order valence-corrected chi connectivity index (χ1v) is 7.30. The fourth-order valence-corrected chi connectivity index (χ4v) is 3.29. The quantitative estimate of drug-likeness (QED) is 0.904. The molecule has 2 heterocycles. The van der Waals surface area contributed by atoms with E-state index >= 15 is 0 Å². The van der Waals surface area contributed by atoms with Crippen LogP contribution in [0.1, 0.15) is 40.0 Å². The van der Waals surface area contributed by atoms with Crippen LogP contribution in [0, 0.1) is 5.41 Å². The number of carbonyl (C=O) groups excluding carboxylic acids is 1. The van der Waals surface area contributed by atoms with Gasteiger partial charge in [-0.2, -0.15) is 0 Å². The summed E-state index contributed by atoms with van der Waals surface area (Å²) in [7, 11) is 0. The molecule has 0 aliphatic carbocycles. The van der Waals surface area contributed by atoms with Crippen molar-refractivity contribution >= 4 is 11.9 Å². The molecule has 3 rings (SSSR count). The summed E-state index contributed by atoms with van der Waals surface area (Å²) in [6.45, 7) is 3.05. The molecule has 2 saturated heterocycles. The first-order valence-electron chi connectivity index (χ1n) is 7.30. The Bertz CT molecular complexity index is 563. The van der Waals surface area contributed by atoms with Gasteiger partial charge in [0.15, 0.2) is 0 Å². The SMILES string of the molecule is O=C(O)c1cccc(C(=O)N2CCC3(CCOCC3)C2)c1. The van der Waals surface area contributed by atoms with E-state index in [-0.39, 0.29) is 16.9 Å². The summed E-state index contributed by atoms with van der Waals surface area (Å²) < 4.78 is 5.41. The van der Waals surface area contributed by atoms with Gasteiger partial charge in [-0.25, -0.2) is 4.79 Å². The van der Waals surface area contributed by atoms with Crippen molar-refractivity contribution < 1.29 is 19.4 Å². The van der Waals surface area contributed by atoms with E-state index in [2.05, 4.69) is 0 Å². The van der Waals surface area contributed by atoms with E-state index in [1.54, 1.807) is 12.1 Å². The van der Waals surface area contributed by atoms with Crippen molar-refractivity contribution in [3.05, 3.63) is 35.4 Å². The summed E-state index contributed by atoms with van der Waals surface area (Å²) in [4.78, 5) is 25.4. The minimum atomic E-state index is -1.01. The zero-order chi connectivity index (χ0) is 14.9. The van der Waals surface area contributed by atoms with Crippen LogP contribution in [0.15, 0.2) is 24.3 Å². The number of benzene rings is 1. The molecular weight excluding hydrogens is 270 g/mol. The summed E-state index contributed by atoms with van der Waals surface area (Å²) in [5.74, 6) is -1.08. The van der Waals surface area contributed by atoms with E-state index in [0.717, 1.165) is 45.6 Å². The van der Waals surface area contributed by atoms with E-state index in [1.165, 1.54) is 12.1 Å². The second-order valence-corrected chi connectivity index (χ2v) is 5.98. The molecule has 0 saturated carbocycles. The van der Waals surface area contributed by atoms with Crippen LogP contribution in [0.3, 0.4) is 0 Å². The van der Waals surface area contributed by atoms with Gasteiger partial charge in [0, 0.05) is 31.9 Å². The zero-order valence-corrected chi connectivity index (χ0v) is 11.9. The highest BCUT2D eigenvalue weighted by atomic mass is 16.5. The van der Waals surface area contributed by atoms with Crippen LogP contribution in [-0.2, 0) is 4.74 Å². The molecule has 0 atom stereocenters. The summed E-state index contributed by atoms with van der Waals surface area (Å²) >= 11 is 0. The van der Waals surface area contributed by atoms with Crippen LogP contribution in [-0.4, -0.2) is 48.2 Å². The van der Waals surface area contributed by atoms with Gasteiger partial charge in [-0.3, -0.25) is 4.79 Å². The van der Waals surface area contributed by atoms with E-state index in [9.17, 15) is 9.59 Å². The standard InChI is InChI=1S/C16H19NO4/c18-14(12-2-1-3-13(10-12)15(19)20)17-7-4-16(11-17)5-8-21-9-6-16/h1-3,10H,4-9,11H2,(H,19,20). The molecule has 1 aromatic rings. The van der Waals surface area contributed by atoms with Gasteiger partial charge in [0.1, 0.15) is 0 Å². The molecule has 0 radical (unpaired) electrons. The Labute approximate surface area is 123 Å². The molecule has 1 spiro atoms. The van der Waals surface area contributed by atoms with Gasteiger partial charge in [-0.1, -0.05) is 6.07 Å². The van der Waals surface area contributed by atoms with Gasteiger partial charge >= 0.3 is 5.97 Å². The Kier molecular flexibility index (Phi) is 3.68. The molecule has 1 aromatic carbocycles. The number of aromatic carboxylic acids is 1. The summed E-state index contributed by atoms with van der Waals surface area (Å²) in [5.41, 5.74) is 0.818. The van der Waals surface area contributed by atoms with Gasteiger partial charge in [0.25, 0.3) is 5.91 Å². The molecule has 21 heavy (non-hydrogen) atoms. The Morgan fingerprint density at radius 2 is 1.86 bits per heavy atom. The topological polar surface area (TPSA) is 66.8 Å². The predicted octanol–water partition coefficient (Wildman–Crippen LogP) is 2.03. The van der Waals surface area contributed by atoms with Crippen LogP contribution in [0.5, 0.6) is 0 Å². The summed E-state index contributed by atoms with van der Waals surface area (Å²) in [6, 6.07) is 6.27. The number of rotatable bonds is 2. The number of carboxylic acids is 1. The van der Waals surface area contributed by atoms with Crippen LogP contribution >= 0.6 is 0 Å². The lowest BCUT2D eigenvalue weighted by Gasteiger charge is -2.33. The maximum Gasteiger partial charge on any atom is 0.335 e. The molecule has 2 aliphatic rings. The van der Waals surface area contributed by atoms with E-state index in [0.29, 0.717) is 5.56 Å². The molecule has 2 aliphatic heterocycles. The minimum Gasteiger partial charge on any atom is -0.478 e. The minimum absolute atomic E-state index is 0.0681. The Balaban J connectivity index is 1.74. The van der Waals surface area contributed by atoms with Crippen molar-refractivity contribution in [3.63, 3.8) is 0 Å². The Morgan fingerprint density at radius 3 is 2.57 bits per heavy atom. The smallest absolute Gasteiger partial charge is 0.335 e. The van der Waals surface area contributed by atoms with Gasteiger partial charge in [0.2, 0.25) is 0 Å². The average Bonchev–Trinajstić information content (AvgIpc) is 2.91. The number of amides is 1. The van der Waals surface area contributed by atoms with E-state index in [4.69, 9.17) is 9.84 Å². The van der Waals surface area contributed by atoms with Crippen LogP contribution in [0.25, 0.3) is 0 Å². The van der Waals surface area contributed by atoms with Crippen LogP contribution in [0.4, 0.5) is 0 Å². The Morgan fingerprint density at radius 1 is 1.14 bits per heavy atom. The number of nitrogens with zero attached hydrogens (tertiary/aromatic N) is 1. The molecular formula is C16H19NO4. The average molecular weight is 289 g/mol. The Hall–Kier alpha value is -1.88. The number of carboxylic acid groups (broad SMARTS) is 1. The third kappa shape index (κ3) is 2.78. The molecule has 1 N–H and O–H groups in total. The van der Waals surface area contributed by atoms with Crippen molar-refractivity contribution in [2.24, 2.45) is 5.41 Å². The maximum atomic E-state index is 12.5. The normalized spacial score (nSPS) is 20.7. The number of likely N-dealkylation sites (tertiary alicyclic amines) is 1. The van der Waals surface area contributed by atoms with Crippen molar-refractivity contribution in [1.29, 1.82) is 0 Å². The van der Waals surface area contributed by atoms with Crippen molar-refractivity contribution in [3.8, 4) is 0 Å². The fraction of sp³-hybridized carbons (Fsp3) is 0.500. The number of carbonyl (C=O) groups is 2. The monoisotopic (exact) mass is 289 g/mol. The number of hydrogen-bond donors (Lipinski definition) is 1. The highest BCUT2D eigenvalue weighted by molar-refractivity contribution is 5.97. The van der Waals surface area contributed by atoms with Gasteiger partial charge < -0.3 is 14.7 Å². The second kappa shape index (κ2) is 5.48. The van der Waals surface area contributed by atoms with Crippen LogP contribution in [0.2, 0.25) is 0 Å². The molecule has 0 unspecified atom stereocenters. The zero-order valence-electron chi connectivity index (χ0n) is 11.9. The highest BCUT2D eigenvalue weighted by Gasteiger charge is 2.41. The molecule has 0 aromatic heterocycles. The molecule has 5 heteroatoms. The lowest BCUT2D eigenvalue weighted by Crippen LogP contribution is -2.35. The lowest BCUT2D eigenvalue weighted by molar-refractivity contribution is 0.0191. The number of hydrogen-bond acceptors (Lipinski definition) is 3. The molecule has 112 valence electrons. The third-order valence-electron chi connectivity index (χ3n) is 4.64. The molecule has 2 fully saturated rings. The van der Waals surface area contributed by atoms with Crippen molar-refractivity contribution in [1.82, 2.24) is 4.90 Å². The van der Waals surface area contributed by atoms with Gasteiger partial charge in [0.05, 0.1) is 5.56 Å². The van der Waals surface area contributed by atoms with E-state index < -0.39 is 5.97 Å². The van der Waals surface area contributed by atoms with Gasteiger partial charge in [-0.15, -0.1) is 0 Å². The summed E-state index contributed by atoms with van der Waals surface area (Å²) in [6.07, 6.45) is 3.03. The molecule has 5 nitrogen and oxygen atoms in total. The highest BCUT2D eigenvalue weighted by Crippen LogP contribution is 2.40.